The number of carbonyl (C=O) groups excluding carboxylic acids is 1. The van der Waals surface area contributed by atoms with E-state index in [1.165, 1.54) is 6.20 Å². The maximum Gasteiger partial charge on any atom is 0.244 e. The zero-order valence-corrected chi connectivity index (χ0v) is 13.1. The standard InChI is InChI=1S/C13H19ClN6O/c1-9(20-8-12(14)7-16-20)13(21)15-5-4-6-19-11(3)17-10(2)18-19/h7-9H,4-6H2,1-3H3,(H,15,21)/t9-/m0/s1. The summed E-state index contributed by atoms with van der Waals surface area (Å²) in [6, 6.07) is -0.382. The number of aryl methyl sites for hydroxylation is 3. The highest BCUT2D eigenvalue weighted by molar-refractivity contribution is 6.30. The molecule has 2 aromatic heterocycles. The van der Waals surface area contributed by atoms with Crippen molar-refractivity contribution < 1.29 is 4.79 Å². The fourth-order valence-corrected chi connectivity index (χ4v) is 2.15. The van der Waals surface area contributed by atoms with Gasteiger partial charge >= 0.3 is 0 Å². The normalized spacial score (nSPS) is 12.4. The van der Waals surface area contributed by atoms with E-state index in [1.54, 1.807) is 17.8 Å². The second-order valence-corrected chi connectivity index (χ2v) is 5.32. The first-order valence-corrected chi connectivity index (χ1v) is 7.20. The van der Waals surface area contributed by atoms with E-state index in [4.69, 9.17) is 11.6 Å². The molecule has 8 heteroatoms. The van der Waals surface area contributed by atoms with Crippen LogP contribution < -0.4 is 5.32 Å². The van der Waals surface area contributed by atoms with Gasteiger partial charge in [-0.2, -0.15) is 10.2 Å². The van der Waals surface area contributed by atoms with Gasteiger partial charge in [-0.3, -0.25) is 14.2 Å². The Morgan fingerprint density at radius 3 is 2.81 bits per heavy atom. The zero-order chi connectivity index (χ0) is 15.4. The van der Waals surface area contributed by atoms with Gasteiger partial charge in [-0.1, -0.05) is 11.6 Å². The molecule has 21 heavy (non-hydrogen) atoms. The van der Waals surface area contributed by atoms with Gasteiger partial charge in [-0.05, 0) is 27.2 Å². The number of aromatic nitrogens is 5. The molecular weight excluding hydrogens is 292 g/mol. The van der Waals surface area contributed by atoms with Gasteiger partial charge in [0, 0.05) is 19.3 Å². The molecule has 0 aliphatic heterocycles. The predicted octanol–water partition coefficient (Wildman–Crippen LogP) is 1.51. The summed E-state index contributed by atoms with van der Waals surface area (Å²) in [4.78, 5) is 16.2. The van der Waals surface area contributed by atoms with Crippen molar-refractivity contribution in [3.05, 3.63) is 29.1 Å². The summed E-state index contributed by atoms with van der Waals surface area (Å²) in [6.45, 7) is 6.87. The maximum absolute atomic E-state index is 12.0. The summed E-state index contributed by atoms with van der Waals surface area (Å²) in [5.74, 6) is 1.57. The minimum absolute atomic E-state index is 0.0822. The SMILES string of the molecule is Cc1nc(C)n(CCCNC(=O)[C@H](C)n2cc(Cl)cn2)n1. The lowest BCUT2D eigenvalue weighted by atomic mass is 10.3. The largest absolute Gasteiger partial charge is 0.354 e. The molecule has 1 atom stereocenters. The van der Waals surface area contributed by atoms with Crippen molar-refractivity contribution in [2.75, 3.05) is 6.54 Å². The average Bonchev–Trinajstić information content (AvgIpc) is 2.99. The molecule has 2 rings (SSSR count). The summed E-state index contributed by atoms with van der Waals surface area (Å²) in [7, 11) is 0. The van der Waals surface area contributed by atoms with Crippen molar-refractivity contribution in [3.8, 4) is 0 Å². The van der Waals surface area contributed by atoms with Crippen LogP contribution in [-0.4, -0.2) is 37.0 Å². The number of halogens is 1. The van der Waals surface area contributed by atoms with Crippen LogP contribution in [0.3, 0.4) is 0 Å². The lowest BCUT2D eigenvalue weighted by molar-refractivity contribution is -0.124. The van der Waals surface area contributed by atoms with Gasteiger partial charge in [-0.15, -0.1) is 0 Å². The molecule has 1 amide bonds. The van der Waals surface area contributed by atoms with Gasteiger partial charge in [0.05, 0.1) is 11.2 Å². The molecule has 2 heterocycles. The third-order valence-electron chi connectivity index (χ3n) is 3.15. The Hall–Kier alpha value is -1.89. The summed E-state index contributed by atoms with van der Waals surface area (Å²) < 4.78 is 3.39. The van der Waals surface area contributed by atoms with Crippen LogP contribution in [0.1, 0.15) is 31.0 Å². The Morgan fingerprint density at radius 2 is 2.24 bits per heavy atom. The van der Waals surface area contributed by atoms with Crippen molar-refractivity contribution >= 4 is 17.5 Å². The van der Waals surface area contributed by atoms with Gasteiger partial charge in [-0.25, -0.2) is 4.98 Å². The molecule has 2 aromatic rings. The Bertz CT molecular complexity index is 620. The first-order chi connectivity index (χ1) is 9.97. The second kappa shape index (κ2) is 6.71. The quantitative estimate of drug-likeness (QED) is 0.820. The summed E-state index contributed by atoms with van der Waals surface area (Å²) in [5, 5.41) is 11.7. The maximum atomic E-state index is 12.0. The van der Waals surface area contributed by atoms with Crippen LogP contribution in [0.15, 0.2) is 12.4 Å². The lowest BCUT2D eigenvalue weighted by Crippen LogP contribution is -2.32. The summed E-state index contributed by atoms with van der Waals surface area (Å²) in [6.07, 6.45) is 3.94. The third-order valence-corrected chi connectivity index (χ3v) is 3.35. The second-order valence-electron chi connectivity index (χ2n) is 4.89. The number of rotatable bonds is 6. The molecule has 0 fully saturated rings. The zero-order valence-electron chi connectivity index (χ0n) is 12.4. The Balaban J connectivity index is 1.75. The highest BCUT2D eigenvalue weighted by Crippen LogP contribution is 2.10. The highest BCUT2D eigenvalue weighted by atomic mass is 35.5. The van der Waals surface area contributed by atoms with E-state index in [9.17, 15) is 4.79 Å². The molecule has 0 spiro atoms. The molecule has 114 valence electrons. The number of nitrogens with zero attached hydrogens (tertiary/aromatic N) is 5. The topological polar surface area (TPSA) is 77.6 Å². The number of nitrogens with one attached hydrogen (secondary N) is 1. The monoisotopic (exact) mass is 310 g/mol. The first-order valence-electron chi connectivity index (χ1n) is 6.83. The molecule has 0 saturated carbocycles. The fourth-order valence-electron chi connectivity index (χ4n) is 2.01. The van der Waals surface area contributed by atoms with Crippen molar-refractivity contribution in [3.63, 3.8) is 0 Å². The van der Waals surface area contributed by atoms with Crippen molar-refractivity contribution in [2.45, 2.75) is 39.8 Å². The minimum atomic E-state index is -0.382. The molecule has 0 bridgehead atoms. The van der Waals surface area contributed by atoms with Crippen molar-refractivity contribution in [1.29, 1.82) is 0 Å². The molecule has 0 unspecified atom stereocenters. The Labute approximate surface area is 128 Å². The van der Waals surface area contributed by atoms with Crippen LogP contribution in [0.5, 0.6) is 0 Å². The first kappa shape index (κ1) is 15.5. The number of carbonyl (C=O) groups is 1. The van der Waals surface area contributed by atoms with Crippen molar-refractivity contribution in [1.82, 2.24) is 29.9 Å². The number of hydrogen-bond acceptors (Lipinski definition) is 4. The van der Waals surface area contributed by atoms with Crippen LogP contribution in [0.25, 0.3) is 0 Å². The van der Waals surface area contributed by atoms with Gasteiger partial charge in [0.15, 0.2) is 0 Å². The van der Waals surface area contributed by atoms with E-state index >= 15 is 0 Å². The van der Waals surface area contributed by atoms with E-state index in [2.05, 4.69) is 20.5 Å². The molecule has 0 aromatic carbocycles. The van der Waals surface area contributed by atoms with E-state index in [0.717, 1.165) is 24.6 Å². The Kier molecular flexibility index (Phi) is 4.95. The smallest absolute Gasteiger partial charge is 0.244 e. The molecule has 0 saturated heterocycles. The van der Waals surface area contributed by atoms with Gasteiger partial charge in [0.1, 0.15) is 17.7 Å². The van der Waals surface area contributed by atoms with Crippen LogP contribution in [0, 0.1) is 13.8 Å². The minimum Gasteiger partial charge on any atom is -0.354 e. The highest BCUT2D eigenvalue weighted by Gasteiger charge is 2.15. The number of hydrogen-bond donors (Lipinski definition) is 1. The summed E-state index contributed by atoms with van der Waals surface area (Å²) in [5.41, 5.74) is 0. The molecule has 1 N–H and O–H groups in total. The predicted molar refractivity (Wildman–Crippen MR) is 79.1 cm³/mol. The molecule has 0 aliphatic rings. The molecular formula is C13H19ClN6O. The molecule has 7 nitrogen and oxygen atoms in total. The van der Waals surface area contributed by atoms with E-state index in [-0.39, 0.29) is 11.9 Å². The average molecular weight is 311 g/mol. The van der Waals surface area contributed by atoms with Crippen LogP contribution >= 0.6 is 11.6 Å². The Morgan fingerprint density at radius 1 is 1.48 bits per heavy atom. The van der Waals surface area contributed by atoms with Gasteiger partial charge < -0.3 is 5.32 Å². The van der Waals surface area contributed by atoms with Crippen LogP contribution in [0.4, 0.5) is 0 Å². The van der Waals surface area contributed by atoms with Crippen LogP contribution in [-0.2, 0) is 11.3 Å². The molecule has 0 aliphatic carbocycles. The fraction of sp³-hybridized carbons (Fsp3) is 0.538. The lowest BCUT2D eigenvalue weighted by Gasteiger charge is -2.12. The summed E-state index contributed by atoms with van der Waals surface area (Å²) >= 11 is 5.79. The van der Waals surface area contributed by atoms with Gasteiger partial charge in [0.25, 0.3) is 0 Å². The van der Waals surface area contributed by atoms with E-state index < -0.39 is 0 Å². The van der Waals surface area contributed by atoms with Crippen LogP contribution in [0.2, 0.25) is 5.02 Å². The van der Waals surface area contributed by atoms with E-state index in [1.807, 2.05) is 18.5 Å². The third kappa shape index (κ3) is 4.04. The molecule has 0 radical (unpaired) electrons. The number of amides is 1. The van der Waals surface area contributed by atoms with E-state index in [0.29, 0.717) is 11.6 Å². The van der Waals surface area contributed by atoms with Crippen molar-refractivity contribution in [2.24, 2.45) is 0 Å². The van der Waals surface area contributed by atoms with Gasteiger partial charge in [0.2, 0.25) is 5.91 Å².